The summed E-state index contributed by atoms with van der Waals surface area (Å²) in [5, 5.41) is 3.23. The number of nitrogens with one attached hydrogen (secondary N) is 1. The quantitative estimate of drug-likeness (QED) is 0.838. The fourth-order valence-corrected chi connectivity index (χ4v) is 2.60. The van der Waals surface area contributed by atoms with Crippen LogP contribution >= 0.6 is 24.8 Å². The summed E-state index contributed by atoms with van der Waals surface area (Å²) in [5.41, 5.74) is 0.266. The zero-order valence-corrected chi connectivity index (χ0v) is 13.5. The first-order valence-electron chi connectivity index (χ1n) is 6.73. The van der Waals surface area contributed by atoms with Crippen LogP contribution in [0.15, 0.2) is 12.1 Å². The van der Waals surface area contributed by atoms with Gasteiger partial charge in [-0.15, -0.1) is 24.8 Å². The van der Waals surface area contributed by atoms with E-state index in [0.717, 1.165) is 45.1 Å². The summed E-state index contributed by atoms with van der Waals surface area (Å²) < 4.78 is 40.3. The maximum atomic E-state index is 13.9. The van der Waals surface area contributed by atoms with E-state index in [-0.39, 0.29) is 36.4 Å². The van der Waals surface area contributed by atoms with E-state index < -0.39 is 17.5 Å². The second-order valence-electron chi connectivity index (χ2n) is 4.86. The first-order chi connectivity index (χ1) is 9.15. The average molecular weight is 345 g/mol. The molecule has 122 valence electrons. The molecule has 0 aliphatic carbocycles. The predicted octanol–water partition coefficient (Wildman–Crippen LogP) is 3.69. The van der Waals surface area contributed by atoms with Crippen LogP contribution in [0, 0.1) is 17.5 Å². The van der Waals surface area contributed by atoms with Crippen molar-refractivity contribution in [2.24, 2.45) is 0 Å². The number of nitrogens with zero attached hydrogens (tertiary/aromatic N) is 1. The van der Waals surface area contributed by atoms with E-state index in [4.69, 9.17) is 0 Å². The molecule has 1 fully saturated rings. The van der Waals surface area contributed by atoms with Crippen LogP contribution < -0.4 is 5.32 Å². The lowest BCUT2D eigenvalue weighted by atomic mass is 9.99. The second-order valence-corrected chi connectivity index (χ2v) is 4.86. The third-order valence-electron chi connectivity index (χ3n) is 3.58. The number of piperazine rings is 1. The third kappa shape index (κ3) is 4.74. The third-order valence-corrected chi connectivity index (χ3v) is 3.58. The number of hydrogen-bond acceptors (Lipinski definition) is 2. The van der Waals surface area contributed by atoms with Crippen molar-refractivity contribution in [1.82, 2.24) is 10.2 Å². The van der Waals surface area contributed by atoms with Gasteiger partial charge >= 0.3 is 0 Å². The highest BCUT2D eigenvalue weighted by atomic mass is 35.5. The Kier molecular flexibility index (Phi) is 9.29. The molecule has 1 atom stereocenters. The van der Waals surface area contributed by atoms with Crippen molar-refractivity contribution in [3.8, 4) is 0 Å². The average Bonchev–Trinajstić information content (AvgIpc) is 2.44. The lowest BCUT2D eigenvalue weighted by Gasteiger charge is -2.35. The summed E-state index contributed by atoms with van der Waals surface area (Å²) >= 11 is 0. The monoisotopic (exact) mass is 344 g/mol. The van der Waals surface area contributed by atoms with Gasteiger partial charge in [-0.2, -0.15) is 0 Å². The summed E-state index contributed by atoms with van der Waals surface area (Å²) in [6, 6.07) is 2.21. The highest BCUT2D eigenvalue weighted by molar-refractivity contribution is 5.85. The van der Waals surface area contributed by atoms with Crippen LogP contribution in [0.3, 0.4) is 0 Å². The van der Waals surface area contributed by atoms with E-state index in [0.29, 0.717) is 0 Å². The second kappa shape index (κ2) is 9.51. The van der Waals surface area contributed by atoms with Gasteiger partial charge in [0.25, 0.3) is 0 Å². The zero-order chi connectivity index (χ0) is 13.8. The van der Waals surface area contributed by atoms with E-state index in [1.165, 1.54) is 6.07 Å². The lowest BCUT2D eigenvalue weighted by molar-refractivity contribution is 0.160. The molecule has 7 heteroatoms. The van der Waals surface area contributed by atoms with Crippen LogP contribution in [-0.4, -0.2) is 31.1 Å². The van der Waals surface area contributed by atoms with E-state index >= 15 is 0 Å². The Morgan fingerprint density at radius 1 is 1.10 bits per heavy atom. The van der Waals surface area contributed by atoms with Crippen molar-refractivity contribution in [2.75, 3.05) is 26.2 Å². The molecule has 0 unspecified atom stereocenters. The minimum Gasteiger partial charge on any atom is -0.314 e. The first kappa shape index (κ1) is 20.5. The minimum atomic E-state index is -1.37. The molecule has 1 saturated heterocycles. The lowest BCUT2D eigenvalue weighted by Crippen LogP contribution is -2.45. The Hall–Kier alpha value is -0.490. The molecule has 0 saturated carbocycles. The Morgan fingerprint density at radius 3 is 2.29 bits per heavy atom. The van der Waals surface area contributed by atoms with Crippen molar-refractivity contribution in [1.29, 1.82) is 0 Å². The van der Waals surface area contributed by atoms with Crippen molar-refractivity contribution in [2.45, 2.75) is 25.8 Å². The predicted molar refractivity (Wildman–Crippen MR) is 82.9 cm³/mol. The largest absolute Gasteiger partial charge is 0.314 e. The van der Waals surface area contributed by atoms with Crippen LogP contribution in [-0.2, 0) is 0 Å². The van der Waals surface area contributed by atoms with Gasteiger partial charge in [0, 0.05) is 37.8 Å². The van der Waals surface area contributed by atoms with Gasteiger partial charge in [0.05, 0.1) is 0 Å². The SMILES string of the molecule is CCC[C@@H](c1ccc(F)c(F)c1F)N1CCNCC1.Cl.Cl. The number of rotatable bonds is 4. The highest BCUT2D eigenvalue weighted by Crippen LogP contribution is 2.29. The van der Waals surface area contributed by atoms with Crippen molar-refractivity contribution in [3.05, 3.63) is 35.1 Å². The van der Waals surface area contributed by atoms with Gasteiger partial charge in [0.1, 0.15) is 0 Å². The van der Waals surface area contributed by atoms with E-state index in [1.807, 2.05) is 6.92 Å². The fourth-order valence-electron chi connectivity index (χ4n) is 2.60. The van der Waals surface area contributed by atoms with Gasteiger partial charge in [-0.25, -0.2) is 13.2 Å². The van der Waals surface area contributed by atoms with Crippen LogP contribution in [0.2, 0.25) is 0 Å². The molecule has 1 aromatic rings. The molecule has 1 aliphatic heterocycles. The van der Waals surface area contributed by atoms with Gasteiger partial charge in [0.15, 0.2) is 17.5 Å². The molecule has 0 spiro atoms. The van der Waals surface area contributed by atoms with Crippen molar-refractivity contribution >= 4 is 24.8 Å². The number of benzene rings is 1. The standard InChI is InChI=1S/C14H19F3N2.2ClH/c1-2-3-12(19-8-6-18-7-9-19)10-4-5-11(15)14(17)13(10)16;;/h4-5,12,18H,2-3,6-9H2,1H3;2*1H/t12-;;/m0../s1. The molecular formula is C14H21Cl2F3N2. The number of hydrogen-bond donors (Lipinski definition) is 1. The van der Waals surface area contributed by atoms with Gasteiger partial charge < -0.3 is 5.32 Å². The van der Waals surface area contributed by atoms with Gasteiger partial charge in [-0.05, 0) is 12.5 Å². The molecule has 2 nitrogen and oxygen atoms in total. The Labute approximate surface area is 135 Å². The first-order valence-corrected chi connectivity index (χ1v) is 6.73. The van der Waals surface area contributed by atoms with E-state index in [2.05, 4.69) is 10.2 Å². The van der Waals surface area contributed by atoms with Gasteiger partial charge in [-0.1, -0.05) is 19.4 Å². The topological polar surface area (TPSA) is 15.3 Å². The molecule has 1 aromatic carbocycles. The molecule has 1 heterocycles. The summed E-state index contributed by atoms with van der Waals surface area (Å²) in [6.07, 6.45) is 1.61. The molecule has 0 aromatic heterocycles. The van der Waals surface area contributed by atoms with E-state index in [1.54, 1.807) is 0 Å². The maximum Gasteiger partial charge on any atom is 0.194 e. The number of halogens is 5. The molecule has 1 N–H and O–H groups in total. The molecule has 0 radical (unpaired) electrons. The maximum absolute atomic E-state index is 13.9. The Bertz CT molecular complexity index is 440. The summed E-state index contributed by atoms with van der Waals surface area (Å²) in [5.74, 6) is -3.54. The summed E-state index contributed by atoms with van der Waals surface area (Å²) in [4.78, 5) is 2.13. The van der Waals surface area contributed by atoms with Crippen molar-refractivity contribution in [3.63, 3.8) is 0 Å². The Balaban J connectivity index is 0.00000200. The van der Waals surface area contributed by atoms with Crippen LogP contribution in [0.1, 0.15) is 31.4 Å². The zero-order valence-electron chi connectivity index (χ0n) is 11.9. The summed E-state index contributed by atoms with van der Waals surface area (Å²) in [7, 11) is 0. The molecule has 21 heavy (non-hydrogen) atoms. The van der Waals surface area contributed by atoms with Crippen LogP contribution in [0.5, 0.6) is 0 Å². The molecule has 1 aliphatic rings. The van der Waals surface area contributed by atoms with Gasteiger partial charge in [-0.3, -0.25) is 4.90 Å². The normalized spacial score (nSPS) is 16.8. The summed E-state index contributed by atoms with van der Waals surface area (Å²) in [6.45, 7) is 5.27. The van der Waals surface area contributed by atoms with Crippen molar-refractivity contribution < 1.29 is 13.2 Å². The fraction of sp³-hybridized carbons (Fsp3) is 0.571. The molecule has 0 bridgehead atoms. The highest BCUT2D eigenvalue weighted by Gasteiger charge is 2.26. The van der Waals surface area contributed by atoms with E-state index in [9.17, 15) is 13.2 Å². The molecule has 0 amide bonds. The minimum absolute atomic E-state index is 0. The van der Waals surface area contributed by atoms with Crippen LogP contribution in [0.25, 0.3) is 0 Å². The van der Waals surface area contributed by atoms with Crippen LogP contribution in [0.4, 0.5) is 13.2 Å². The molecule has 2 rings (SSSR count). The Morgan fingerprint density at radius 2 is 1.71 bits per heavy atom. The smallest absolute Gasteiger partial charge is 0.194 e. The van der Waals surface area contributed by atoms with Gasteiger partial charge in [0.2, 0.25) is 0 Å². The molecular weight excluding hydrogens is 324 g/mol.